The molecule has 2 atom stereocenters. The third kappa shape index (κ3) is 2.27. The number of hydrogen-bond acceptors (Lipinski definition) is 4. The fourth-order valence-electron chi connectivity index (χ4n) is 3.88. The largest absolute Gasteiger partial charge is 0.458 e. The van der Waals surface area contributed by atoms with Crippen molar-refractivity contribution in [3.63, 3.8) is 0 Å². The third-order valence-corrected chi connectivity index (χ3v) is 5.32. The number of aromatic nitrogens is 2. The Kier molecular flexibility index (Phi) is 3.78. The molecular weight excluding hydrogens is 268 g/mol. The Morgan fingerprint density at radius 3 is 2.71 bits per heavy atom. The molecule has 5 heteroatoms. The summed E-state index contributed by atoms with van der Waals surface area (Å²) in [4.78, 5) is 12.4. The van der Waals surface area contributed by atoms with Gasteiger partial charge >= 0.3 is 5.97 Å². The predicted octanol–water partition coefficient (Wildman–Crippen LogP) is 2.62. The van der Waals surface area contributed by atoms with Gasteiger partial charge in [0.1, 0.15) is 11.7 Å². The van der Waals surface area contributed by atoms with Gasteiger partial charge < -0.3 is 9.47 Å². The van der Waals surface area contributed by atoms with Crippen LogP contribution in [-0.2, 0) is 16.5 Å². The van der Waals surface area contributed by atoms with Crippen LogP contribution in [0.1, 0.15) is 55.1 Å². The van der Waals surface area contributed by atoms with E-state index in [1.165, 1.54) is 12.8 Å². The lowest BCUT2D eigenvalue weighted by Crippen LogP contribution is -2.58. The number of carbonyl (C=O) groups excluding carboxylic acids is 1. The van der Waals surface area contributed by atoms with Crippen molar-refractivity contribution in [3.05, 3.63) is 17.5 Å². The van der Waals surface area contributed by atoms with E-state index in [9.17, 15) is 4.79 Å². The van der Waals surface area contributed by atoms with Crippen molar-refractivity contribution in [1.82, 2.24) is 9.78 Å². The molecule has 1 aromatic heterocycles. The van der Waals surface area contributed by atoms with Crippen molar-refractivity contribution >= 4 is 5.97 Å². The zero-order chi connectivity index (χ0) is 15.0. The second kappa shape index (κ2) is 5.44. The van der Waals surface area contributed by atoms with Crippen molar-refractivity contribution in [2.75, 3.05) is 6.61 Å². The second-order valence-corrected chi connectivity index (χ2v) is 6.28. The van der Waals surface area contributed by atoms with Crippen molar-refractivity contribution in [2.24, 2.45) is 12.5 Å². The summed E-state index contributed by atoms with van der Waals surface area (Å²) < 4.78 is 13.4. The predicted molar refractivity (Wildman–Crippen MR) is 78.1 cm³/mol. The number of aryl methyl sites for hydroxylation is 1. The number of carbonyl (C=O) groups is 1. The molecule has 0 unspecified atom stereocenters. The Balaban J connectivity index is 1.70. The maximum absolute atomic E-state index is 12.4. The Hall–Kier alpha value is -1.36. The van der Waals surface area contributed by atoms with Crippen LogP contribution in [0.3, 0.4) is 0 Å². The second-order valence-electron chi connectivity index (χ2n) is 6.28. The Labute approximate surface area is 125 Å². The lowest BCUT2D eigenvalue weighted by Gasteiger charge is -2.52. The van der Waals surface area contributed by atoms with Crippen LogP contribution in [0, 0.1) is 12.3 Å². The van der Waals surface area contributed by atoms with E-state index in [2.05, 4.69) is 5.10 Å². The molecule has 0 N–H and O–H groups in total. The third-order valence-electron chi connectivity index (χ3n) is 5.32. The van der Waals surface area contributed by atoms with Gasteiger partial charge in [-0.1, -0.05) is 12.8 Å². The number of nitrogens with zero attached hydrogens (tertiary/aromatic N) is 2. The maximum atomic E-state index is 12.4. The van der Waals surface area contributed by atoms with Crippen LogP contribution in [0.4, 0.5) is 0 Å². The first-order valence-corrected chi connectivity index (χ1v) is 7.89. The molecular formula is C16H24N2O3. The minimum Gasteiger partial charge on any atom is -0.458 e. The molecule has 2 aliphatic rings. The molecule has 0 saturated heterocycles. The SMILES string of the molecule is CCO[C@H]1C[C@@H](OC(=O)c2cnn(C)c2C)C12CCCC2. The van der Waals surface area contributed by atoms with Crippen LogP contribution < -0.4 is 0 Å². The van der Waals surface area contributed by atoms with Gasteiger partial charge in [-0.3, -0.25) is 4.68 Å². The van der Waals surface area contributed by atoms with Crippen LogP contribution in [0.25, 0.3) is 0 Å². The summed E-state index contributed by atoms with van der Waals surface area (Å²) in [6, 6.07) is 0. The number of rotatable bonds is 4. The summed E-state index contributed by atoms with van der Waals surface area (Å²) in [5, 5.41) is 4.11. The molecule has 0 radical (unpaired) electrons. The van der Waals surface area contributed by atoms with Crippen LogP contribution >= 0.6 is 0 Å². The van der Waals surface area contributed by atoms with Crippen LogP contribution in [0.5, 0.6) is 0 Å². The summed E-state index contributed by atoms with van der Waals surface area (Å²) in [6.45, 7) is 4.65. The topological polar surface area (TPSA) is 53.4 Å². The molecule has 21 heavy (non-hydrogen) atoms. The highest BCUT2D eigenvalue weighted by molar-refractivity contribution is 5.90. The molecule has 1 aromatic rings. The van der Waals surface area contributed by atoms with Gasteiger partial charge in [-0.15, -0.1) is 0 Å². The van der Waals surface area contributed by atoms with E-state index in [0.717, 1.165) is 31.6 Å². The molecule has 2 fully saturated rings. The zero-order valence-corrected chi connectivity index (χ0v) is 13.1. The van der Waals surface area contributed by atoms with Gasteiger partial charge in [-0.2, -0.15) is 5.10 Å². The highest BCUT2D eigenvalue weighted by atomic mass is 16.6. The molecule has 2 saturated carbocycles. The van der Waals surface area contributed by atoms with Crippen molar-refractivity contribution in [2.45, 2.75) is 58.2 Å². The van der Waals surface area contributed by atoms with Crippen LogP contribution in [-0.4, -0.2) is 34.6 Å². The molecule has 0 bridgehead atoms. The van der Waals surface area contributed by atoms with Gasteiger partial charge in [0.2, 0.25) is 0 Å². The highest BCUT2D eigenvalue weighted by Gasteiger charge is 2.58. The molecule has 2 aliphatic carbocycles. The quantitative estimate of drug-likeness (QED) is 0.801. The first-order valence-electron chi connectivity index (χ1n) is 7.89. The average Bonchev–Trinajstić information content (AvgIpc) is 3.08. The summed E-state index contributed by atoms with van der Waals surface area (Å²) in [7, 11) is 1.83. The van der Waals surface area contributed by atoms with Crippen molar-refractivity contribution in [3.8, 4) is 0 Å². The maximum Gasteiger partial charge on any atom is 0.341 e. The molecule has 0 amide bonds. The van der Waals surface area contributed by atoms with Crippen LogP contribution in [0.2, 0.25) is 0 Å². The summed E-state index contributed by atoms with van der Waals surface area (Å²) in [5.74, 6) is -0.244. The smallest absolute Gasteiger partial charge is 0.341 e. The van der Waals surface area contributed by atoms with Crippen LogP contribution in [0.15, 0.2) is 6.20 Å². The lowest BCUT2D eigenvalue weighted by molar-refractivity contribution is -0.188. The fraction of sp³-hybridized carbons (Fsp3) is 0.750. The molecule has 116 valence electrons. The minimum absolute atomic E-state index is 0.00339. The Morgan fingerprint density at radius 2 is 2.14 bits per heavy atom. The van der Waals surface area contributed by atoms with Gasteiger partial charge in [0.15, 0.2) is 0 Å². The van der Waals surface area contributed by atoms with Gasteiger partial charge in [0, 0.05) is 31.2 Å². The number of hydrogen-bond donors (Lipinski definition) is 0. The van der Waals surface area contributed by atoms with E-state index >= 15 is 0 Å². The fourth-order valence-corrected chi connectivity index (χ4v) is 3.88. The van der Waals surface area contributed by atoms with E-state index in [1.807, 2.05) is 20.9 Å². The van der Waals surface area contributed by atoms with E-state index in [-0.39, 0.29) is 23.6 Å². The van der Waals surface area contributed by atoms with Gasteiger partial charge in [-0.25, -0.2) is 4.79 Å². The summed E-state index contributed by atoms with van der Waals surface area (Å²) in [5.41, 5.74) is 1.49. The molecule has 0 aliphatic heterocycles. The van der Waals surface area contributed by atoms with E-state index < -0.39 is 0 Å². The minimum atomic E-state index is -0.244. The zero-order valence-electron chi connectivity index (χ0n) is 13.1. The van der Waals surface area contributed by atoms with E-state index in [4.69, 9.17) is 9.47 Å². The average molecular weight is 292 g/mol. The Bertz CT molecular complexity index is 532. The van der Waals surface area contributed by atoms with E-state index in [1.54, 1.807) is 10.9 Å². The summed E-state index contributed by atoms with van der Waals surface area (Å²) in [6.07, 6.45) is 7.34. The standard InChI is InChI=1S/C16H24N2O3/c1-4-20-13-9-14(16(13)7-5-6-8-16)21-15(19)12-10-17-18(3)11(12)2/h10,13-14H,4-9H2,1-3H3/t13-,14+/m0/s1. The molecule has 1 heterocycles. The van der Waals surface area contributed by atoms with Gasteiger partial charge in [0.05, 0.1) is 12.3 Å². The van der Waals surface area contributed by atoms with Crippen molar-refractivity contribution < 1.29 is 14.3 Å². The molecule has 5 nitrogen and oxygen atoms in total. The van der Waals surface area contributed by atoms with Gasteiger partial charge in [-0.05, 0) is 26.7 Å². The monoisotopic (exact) mass is 292 g/mol. The first kappa shape index (κ1) is 14.6. The first-order chi connectivity index (χ1) is 10.1. The lowest BCUT2D eigenvalue weighted by atomic mass is 9.62. The number of esters is 1. The Morgan fingerprint density at radius 1 is 1.43 bits per heavy atom. The summed E-state index contributed by atoms with van der Waals surface area (Å²) >= 11 is 0. The molecule has 1 spiro atoms. The van der Waals surface area contributed by atoms with Crippen molar-refractivity contribution in [1.29, 1.82) is 0 Å². The van der Waals surface area contributed by atoms with E-state index in [0.29, 0.717) is 5.56 Å². The normalized spacial score (nSPS) is 26.8. The molecule has 3 rings (SSSR count). The van der Waals surface area contributed by atoms with Gasteiger partial charge in [0.25, 0.3) is 0 Å². The molecule has 0 aromatic carbocycles. The number of ether oxygens (including phenoxy) is 2. The highest BCUT2D eigenvalue weighted by Crippen LogP contribution is 2.56.